The van der Waals surface area contributed by atoms with Crippen molar-refractivity contribution in [3.63, 3.8) is 0 Å². The van der Waals surface area contributed by atoms with Crippen LogP contribution in [0.25, 0.3) is 0 Å². The van der Waals surface area contributed by atoms with E-state index in [1.54, 1.807) is 7.11 Å². The molecule has 0 aliphatic rings. The summed E-state index contributed by atoms with van der Waals surface area (Å²) in [6.07, 6.45) is 0.645. The lowest BCUT2D eigenvalue weighted by Crippen LogP contribution is -1.99. The summed E-state index contributed by atoms with van der Waals surface area (Å²) in [5.74, 6) is 0.497. The Hall–Kier alpha value is -1.88. The molecule has 0 N–H and O–H groups in total. The number of rotatable bonds is 4. The summed E-state index contributed by atoms with van der Waals surface area (Å²) in [7, 11) is 3.02. The van der Waals surface area contributed by atoms with Gasteiger partial charge in [-0.15, -0.1) is 11.3 Å². The van der Waals surface area contributed by atoms with E-state index in [9.17, 15) is 4.79 Å². The van der Waals surface area contributed by atoms with Crippen LogP contribution in [0, 0.1) is 6.92 Å². The van der Waals surface area contributed by atoms with Gasteiger partial charge in [-0.3, -0.25) is 0 Å². The summed E-state index contributed by atoms with van der Waals surface area (Å²) in [6, 6.07) is 7.79. The van der Waals surface area contributed by atoms with E-state index in [1.807, 2.05) is 31.2 Å². The van der Waals surface area contributed by atoms with Crippen molar-refractivity contribution in [3.05, 3.63) is 45.4 Å². The lowest BCUT2D eigenvalue weighted by atomic mass is 10.1. The monoisotopic (exact) mass is 277 g/mol. The van der Waals surface area contributed by atoms with E-state index in [0.717, 1.165) is 16.3 Å². The van der Waals surface area contributed by atoms with Gasteiger partial charge < -0.3 is 9.47 Å². The highest BCUT2D eigenvalue weighted by atomic mass is 32.1. The standard InChI is InChI=1S/C14H15NO3S/c1-9-13(14(16)18-3)19-12(15-9)8-10-6-4-5-7-11(10)17-2/h4-7H,8H2,1-3H3. The fourth-order valence-electron chi connectivity index (χ4n) is 1.82. The number of aryl methyl sites for hydroxylation is 1. The highest BCUT2D eigenvalue weighted by molar-refractivity contribution is 7.13. The second kappa shape index (κ2) is 5.84. The molecule has 0 spiro atoms. The molecule has 0 saturated heterocycles. The number of benzene rings is 1. The van der Waals surface area contributed by atoms with Gasteiger partial charge in [0.05, 0.1) is 24.9 Å². The predicted molar refractivity (Wildman–Crippen MR) is 74.0 cm³/mol. The molecule has 0 aliphatic carbocycles. The van der Waals surface area contributed by atoms with Gasteiger partial charge in [-0.25, -0.2) is 9.78 Å². The smallest absolute Gasteiger partial charge is 0.349 e. The van der Waals surface area contributed by atoms with Crippen molar-refractivity contribution in [3.8, 4) is 5.75 Å². The Morgan fingerprint density at radius 1 is 1.32 bits per heavy atom. The van der Waals surface area contributed by atoms with Gasteiger partial charge in [-0.05, 0) is 13.0 Å². The summed E-state index contributed by atoms with van der Waals surface area (Å²) >= 11 is 1.37. The Morgan fingerprint density at radius 2 is 2.05 bits per heavy atom. The molecule has 100 valence electrons. The molecule has 0 radical (unpaired) electrons. The van der Waals surface area contributed by atoms with Crippen LogP contribution in [0.4, 0.5) is 0 Å². The molecule has 0 bridgehead atoms. The first-order valence-corrected chi connectivity index (χ1v) is 6.64. The van der Waals surface area contributed by atoms with Gasteiger partial charge in [0.15, 0.2) is 0 Å². The molecule has 4 nitrogen and oxygen atoms in total. The molecule has 0 fully saturated rings. The first-order valence-electron chi connectivity index (χ1n) is 5.82. The topological polar surface area (TPSA) is 48.4 Å². The third-order valence-electron chi connectivity index (χ3n) is 2.75. The van der Waals surface area contributed by atoms with Crippen molar-refractivity contribution < 1.29 is 14.3 Å². The Bertz CT molecular complexity index is 592. The van der Waals surface area contributed by atoms with Crippen LogP contribution in [0.2, 0.25) is 0 Å². The number of nitrogens with zero attached hydrogens (tertiary/aromatic N) is 1. The normalized spacial score (nSPS) is 10.3. The van der Waals surface area contributed by atoms with Gasteiger partial charge in [0.25, 0.3) is 0 Å². The molecule has 1 aromatic carbocycles. The van der Waals surface area contributed by atoms with Gasteiger partial charge >= 0.3 is 5.97 Å². The van der Waals surface area contributed by atoms with E-state index in [4.69, 9.17) is 9.47 Å². The van der Waals surface area contributed by atoms with E-state index in [0.29, 0.717) is 17.0 Å². The number of aromatic nitrogens is 1. The number of carbonyl (C=O) groups excluding carboxylic acids is 1. The molecule has 0 amide bonds. The maximum Gasteiger partial charge on any atom is 0.349 e. The second-order valence-electron chi connectivity index (χ2n) is 4.00. The molecule has 0 aliphatic heterocycles. The van der Waals surface area contributed by atoms with Crippen LogP contribution in [-0.2, 0) is 11.2 Å². The van der Waals surface area contributed by atoms with Gasteiger partial charge in [0, 0.05) is 12.0 Å². The lowest BCUT2D eigenvalue weighted by molar-refractivity contribution is 0.0605. The summed E-state index contributed by atoms with van der Waals surface area (Å²) in [6.45, 7) is 1.81. The number of hydrogen-bond acceptors (Lipinski definition) is 5. The van der Waals surface area contributed by atoms with Crippen molar-refractivity contribution in [1.29, 1.82) is 0 Å². The number of para-hydroxylation sites is 1. The Balaban J connectivity index is 2.27. The molecule has 2 aromatic rings. The average molecular weight is 277 g/mol. The zero-order chi connectivity index (χ0) is 13.8. The van der Waals surface area contributed by atoms with Crippen LogP contribution < -0.4 is 4.74 Å². The van der Waals surface area contributed by atoms with E-state index >= 15 is 0 Å². The second-order valence-corrected chi connectivity index (χ2v) is 5.09. The number of hydrogen-bond donors (Lipinski definition) is 0. The van der Waals surface area contributed by atoms with E-state index in [2.05, 4.69) is 4.98 Å². The Kier molecular flexibility index (Phi) is 4.16. The quantitative estimate of drug-likeness (QED) is 0.806. The van der Waals surface area contributed by atoms with Crippen LogP contribution in [0.5, 0.6) is 5.75 Å². The largest absolute Gasteiger partial charge is 0.496 e. The minimum absolute atomic E-state index is 0.332. The molecule has 19 heavy (non-hydrogen) atoms. The lowest BCUT2D eigenvalue weighted by Gasteiger charge is -2.05. The number of thiazole rings is 1. The zero-order valence-corrected chi connectivity index (χ0v) is 11.9. The summed E-state index contributed by atoms with van der Waals surface area (Å²) in [5, 5.41) is 0.877. The van der Waals surface area contributed by atoms with Crippen molar-refractivity contribution in [2.45, 2.75) is 13.3 Å². The molecule has 0 saturated carbocycles. The molecule has 0 atom stereocenters. The maximum atomic E-state index is 11.5. The third-order valence-corrected chi connectivity index (χ3v) is 3.88. The van der Waals surface area contributed by atoms with Crippen LogP contribution in [0.1, 0.15) is 25.9 Å². The molecular weight excluding hydrogens is 262 g/mol. The molecule has 2 rings (SSSR count). The fraction of sp³-hybridized carbons (Fsp3) is 0.286. The van der Waals surface area contributed by atoms with Crippen LogP contribution in [0.15, 0.2) is 24.3 Å². The van der Waals surface area contributed by atoms with Crippen LogP contribution >= 0.6 is 11.3 Å². The average Bonchev–Trinajstić information content (AvgIpc) is 2.79. The van der Waals surface area contributed by atoms with Gasteiger partial charge in [-0.2, -0.15) is 0 Å². The van der Waals surface area contributed by atoms with Gasteiger partial charge in [0.1, 0.15) is 10.6 Å². The predicted octanol–water partition coefficient (Wildman–Crippen LogP) is 2.84. The fourth-order valence-corrected chi connectivity index (χ4v) is 2.83. The number of methoxy groups -OCH3 is 2. The van der Waals surface area contributed by atoms with Gasteiger partial charge in [-0.1, -0.05) is 18.2 Å². The number of esters is 1. The molecule has 5 heteroatoms. The van der Waals surface area contributed by atoms with E-state index in [1.165, 1.54) is 18.4 Å². The Morgan fingerprint density at radius 3 is 2.74 bits per heavy atom. The van der Waals surface area contributed by atoms with E-state index < -0.39 is 0 Å². The molecule has 0 unspecified atom stereocenters. The Labute approximate surface area is 116 Å². The SMILES string of the molecule is COC(=O)c1sc(Cc2ccccc2OC)nc1C. The minimum Gasteiger partial charge on any atom is -0.496 e. The minimum atomic E-state index is -0.332. The van der Waals surface area contributed by atoms with E-state index in [-0.39, 0.29) is 5.97 Å². The third kappa shape index (κ3) is 2.93. The van der Waals surface area contributed by atoms with Gasteiger partial charge in [0.2, 0.25) is 0 Å². The number of carbonyl (C=O) groups is 1. The van der Waals surface area contributed by atoms with Crippen molar-refractivity contribution in [2.75, 3.05) is 14.2 Å². The molecule has 1 heterocycles. The van der Waals surface area contributed by atoms with Crippen LogP contribution in [-0.4, -0.2) is 25.2 Å². The maximum absolute atomic E-state index is 11.5. The van der Waals surface area contributed by atoms with Crippen molar-refractivity contribution >= 4 is 17.3 Å². The first-order chi connectivity index (χ1) is 9.15. The first kappa shape index (κ1) is 13.5. The highest BCUT2D eigenvalue weighted by Gasteiger charge is 2.16. The molecular formula is C14H15NO3S. The summed E-state index contributed by atoms with van der Waals surface area (Å²) in [4.78, 5) is 16.5. The molecule has 1 aromatic heterocycles. The number of ether oxygens (including phenoxy) is 2. The van der Waals surface area contributed by atoms with Crippen molar-refractivity contribution in [1.82, 2.24) is 4.98 Å². The highest BCUT2D eigenvalue weighted by Crippen LogP contribution is 2.25. The van der Waals surface area contributed by atoms with Crippen molar-refractivity contribution in [2.24, 2.45) is 0 Å². The zero-order valence-electron chi connectivity index (χ0n) is 11.1. The van der Waals surface area contributed by atoms with Crippen LogP contribution in [0.3, 0.4) is 0 Å². The summed E-state index contributed by atoms with van der Waals surface area (Å²) in [5.41, 5.74) is 1.76. The summed E-state index contributed by atoms with van der Waals surface area (Å²) < 4.78 is 10.0.